The molecule has 1 aliphatic heterocycles. The van der Waals surface area contributed by atoms with Gasteiger partial charge in [0.2, 0.25) is 0 Å². The molecule has 1 unspecified atom stereocenters. The number of nitrogens with zero attached hydrogens (tertiary/aromatic N) is 1. The minimum absolute atomic E-state index is 0.0353. The van der Waals surface area contributed by atoms with Crippen molar-refractivity contribution in [2.75, 3.05) is 18.8 Å². The van der Waals surface area contributed by atoms with Gasteiger partial charge >= 0.3 is 0 Å². The monoisotopic (exact) mass is 332 g/mol. The second-order valence-corrected chi connectivity index (χ2v) is 7.01. The van der Waals surface area contributed by atoms with Crippen LogP contribution in [0.25, 0.3) is 0 Å². The number of amides is 1. The topological polar surface area (TPSA) is 46.3 Å². The first kappa shape index (κ1) is 16.0. The van der Waals surface area contributed by atoms with Gasteiger partial charge < -0.3 is 10.6 Å². The van der Waals surface area contributed by atoms with E-state index in [9.17, 15) is 9.18 Å². The van der Waals surface area contributed by atoms with Crippen LogP contribution in [0.15, 0.2) is 35.7 Å². The largest absolute Gasteiger partial charge is 0.397 e. The number of nitrogens with two attached hydrogens (primary N) is 1. The summed E-state index contributed by atoms with van der Waals surface area (Å²) in [6.45, 7) is 1.52. The molecular formula is C18H21FN2OS. The van der Waals surface area contributed by atoms with Crippen LogP contribution in [0.1, 0.15) is 34.5 Å². The number of aryl methyl sites for hydroxylation is 1. The van der Waals surface area contributed by atoms with Crippen molar-refractivity contribution >= 4 is 22.9 Å². The van der Waals surface area contributed by atoms with Gasteiger partial charge in [-0.15, -0.1) is 11.3 Å². The van der Waals surface area contributed by atoms with Crippen molar-refractivity contribution in [3.05, 3.63) is 52.0 Å². The fraction of sp³-hybridized carbons (Fsp3) is 0.389. The van der Waals surface area contributed by atoms with Crippen molar-refractivity contribution < 1.29 is 9.18 Å². The minimum atomic E-state index is -0.136. The highest BCUT2D eigenvalue weighted by molar-refractivity contribution is 7.12. The molecule has 0 bridgehead atoms. The van der Waals surface area contributed by atoms with Crippen molar-refractivity contribution in [3.8, 4) is 0 Å². The fourth-order valence-corrected chi connectivity index (χ4v) is 3.97. The second kappa shape index (κ2) is 7.13. The van der Waals surface area contributed by atoms with E-state index in [0.29, 0.717) is 16.5 Å². The van der Waals surface area contributed by atoms with Gasteiger partial charge in [-0.3, -0.25) is 4.79 Å². The number of anilines is 1. The third kappa shape index (κ3) is 3.72. The van der Waals surface area contributed by atoms with E-state index < -0.39 is 0 Å². The first-order valence-corrected chi connectivity index (χ1v) is 8.88. The smallest absolute Gasteiger partial charge is 0.266 e. The Balaban J connectivity index is 1.59. The summed E-state index contributed by atoms with van der Waals surface area (Å²) < 4.78 is 13.7. The number of rotatable bonds is 4. The van der Waals surface area contributed by atoms with E-state index in [-0.39, 0.29) is 11.7 Å². The molecule has 2 N–H and O–H groups in total. The highest BCUT2D eigenvalue weighted by atomic mass is 32.1. The first-order valence-electron chi connectivity index (χ1n) is 8.01. The van der Waals surface area contributed by atoms with E-state index in [1.165, 1.54) is 17.4 Å². The van der Waals surface area contributed by atoms with Crippen LogP contribution in [0.3, 0.4) is 0 Å². The lowest BCUT2D eigenvalue weighted by Crippen LogP contribution is -2.40. The van der Waals surface area contributed by atoms with E-state index in [2.05, 4.69) is 0 Å². The molecule has 122 valence electrons. The third-order valence-corrected chi connectivity index (χ3v) is 5.39. The van der Waals surface area contributed by atoms with Gasteiger partial charge in [0.1, 0.15) is 10.7 Å². The van der Waals surface area contributed by atoms with Gasteiger partial charge in [-0.2, -0.15) is 0 Å². The number of likely N-dealkylation sites (tertiary alicyclic amines) is 1. The Labute approximate surface area is 139 Å². The quantitative estimate of drug-likeness (QED) is 0.921. The highest BCUT2D eigenvalue weighted by Crippen LogP contribution is 2.26. The molecular weight excluding hydrogens is 311 g/mol. The molecule has 0 spiro atoms. The van der Waals surface area contributed by atoms with Gasteiger partial charge in [-0.1, -0.05) is 18.2 Å². The Kier molecular flexibility index (Phi) is 4.96. The highest BCUT2D eigenvalue weighted by Gasteiger charge is 2.26. The number of carbonyl (C=O) groups excluding carboxylic acids is 1. The van der Waals surface area contributed by atoms with E-state index in [1.807, 2.05) is 22.4 Å². The van der Waals surface area contributed by atoms with Crippen LogP contribution in [0.5, 0.6) is 0 Å². The van der Waals surface area contributed by atoms with Crippen molar-refractivity contribution in [2.45, 2.75) is 25.7 Å². The van der Waals surface area contributed by atoms with E-state index in [4.69, 9.17) is 5.73 Å². The second-order valence-electron chi connectivity index (χ2n) is 6.09. The van der Waals surface area contributed by atoms with Crippen LogP contribution < -0.4 is 5.73 Å². The maximum absolute atomic E-state index is 13.7. The average molecular weight is 332 g/mol. The maximum atomic E-state index is 13.7. The van der Waals surface area contributed by atoms with Crippen molar-refractivity contribution in [2.24, 2.45) is 5.92 Å². The predicted molar refractivity (Wildman–Crippen MR) is 92.1 cm³/mol. The number of piperidine rings is 1. The molecule has 1 amide bonds. The van der Waals surface area contributed by atoms with Crippen LogP contribution >= 0.6 is 11.3 Å². The lowest BCUT2D eigenvalue weighted by molar-refractivity contribution is 0.0674. The number of nitrogen functional groups attached to an aromatic ring is 1. The number of hydrogen-bond donors (Lipinski definition) is 1. The van der Waals surface area contributed by atoms with Gasteiger partial charge in [-0.05, 0) is 54.7 Å². The Morgan fingerprint density at radius 3 is 2.91 bits per heavy atom. The number of carbonyl (C=O) groups is 1. The molecule has 23 heavy (non-hydrogen) atoms. The Morgan fingerprint density at radius 1 is 1.35 bits per heavy atom. The summed E-state index contributed by atoms with van der Waals surface area (Å²) in [5, 5.41) is 1.85. The van der Waals surface area contributed by atoms with Crippen LogP contribution in [0.4, 0.5) is 10.1 Å². The lowest BCUT2D eigenvalue weighted by Gasteiger charge is -2.32. The lowest BCUT2D eigenvalue weighted by atomic mass is 9.91. The number of benzene rings is 1. The SMILES string of the molecule is Nc1ccsc1C(=O)N1CCCC(CCc2ccccc2F)C1. The van der Waals surface area contributed by atoms with Crippen molar-refractivity contribution in [3.63, 3.8) is 0 Å². The molecule has 5 heteroatoms. The molecule has 1 aromatic carbocycles. The fourth-order valence-electron chi connectivity index (χ4n) is 3.18. The van der Waals surface area contributed by atoms with Crippen molar-refractivity contribution in [1.82, 2.24) is 4.90 Å². The molecule has 3 nitrogen and oxygen atoms in total. The molecule has 1 saturated heterocycles. The molecule has 2 heterocycles. The molecule has 1 aromatic heterocycles. The number of halogens is 1. The van der Waals surface area contributed by atoms with Gasteiger partial charge in [0, 0.05) is 13.1 Å². The Bertz CT molecular complexity index is 685. The van der Waals surface area contributed by atoms with Crippen LogP contribution in [-0.4, -0.2) is 23.9 Å². The van der Waals surface area contributed by atoms with E-state index >= 15 is 0 Å². The molecule has 1 atom stereocenters. The summed E-state index contributed by atoms with van der Waals surface area (Å²) in [5.41, 5.74) is 7.18. The average Bonchev–Trinajstić information content (AvgIpc) is 3.00. The maximum Gasteiger partial charge on any atom is 0.266 e. The molecule has 1 aliphatic rings. The summed E-state index contributed by atoms with van der Waals surface area (Å²) >= 11 is 1.40. The zero-order valence-electron chi connectivity index (χ0n) is 13.0. The first-order chi connectivity index (χ1) is 11.1. The molecule has 0 radical (unpaired) electrons. The standard InChI is InChI=1S/C18H21FN2OS/c19-15-6-2-1-5-14(15)8-7-13-4-3-10-21(12-13)18(22)17-16(20)9-11-23-17/h1-2,5-6,9,11,13H,3-4,7-8,10,12,20H2. The van der Waals surface area contributed by atoms with Crippen LogP contribution in [-0.2, 0) is 6.42 Å². The summed E-state index contributed by atoms with van der Waals surface area (Å²) in [6.07, 6.45) is 3.72. The molecule has 3 rings (SSSR count). The number of hydrogen-bond acceptors (Lipinski definition) is 3. The van der Waals surface area contributed by atoms with E-state index in [0.717, 1.165) is 44.3 Å². The zero-order chi connectivity index (χ0) is 16.2. The van der Waals surface area contributed by atoms with Crippen LogP contribution in [0, 0.1) is 11.7 Å². The molecule has 2 aromatic rings. The minimum Gasteiger partial charge on any atom is -0.397 e. The van der Waals surface area contributed by atoms with Gasteiger partial charge in [0.05, 0.1) is 5.69 Å². The van der Waals surface area contributed by atoms with Gasteiger partial charge in [0.15, 0.2) is 0 Å². The van der Waals surface area contributed by atoms with Crippen molar-refractivity contribution in [1.29, 1.82) is 0 Å². The van der Waals surface area contributed by atoms with Gasteiger partial charge in [-0.25, -0.2) is 4.39 Å². The van der Waals surface area contributed by atoms with Gasteiger partial charge in [0.25, 0.3) is 5.91 Å². The summed E-state index contributed by atoms with van der Waals surface area (Å²) in [4.78, 5) is 15.1. The molecule has 0 saturated carbocycles. The molecule has 1 fully saturated rings. The Morgan fingerprint density at radius 2 is 2.17 bits per heavy atom. The summed E-state index contributed by atoms with van der Waals surface area (Å²) in [6, 6.07) is 8.70. The van der Waals surface area contributed by atoms with E-state index in [1.54, 1.807) is 12.1 Å². The number of thiophene rings is 1. The predicted octanol–water partition coefficient (Wildman–Crippen LogP) is 3.95. The Hall–Kier alpha value is -1.88. The third-order valence-electron chi connectivity index (χ3n) is 4.48. The summed E-state index contributed by atoms with van der Waals surface area (Å²) in [7, 11) is 0. The normalized spacial score (nSPS) is 18.1. The van der Waals surface area contributed by atoms with Crippen LogP contribution in [0.2, 0.25) is 0 Å². The molecule has 0 aliphatic carbocycles. The zero-order valence-corrected chi connectivity index (χ0v) is 13.8. The summed E-state index contributed by atoms with van der Waals surface area (Å²) in [5.74, 6) is 0.323.